The molecular formula is C11H20N2O2. The molecule has 1 rings (SSSR count). The molecule has 1 aromatic heterocycles. The van der Waals surface area contributed by atoms with E-state index in [0.717, 1.165) is 5.56 Å². The third kappa shape index (κ3) is 5.67. The topological polar surface area (TPSA) is 51.2 Å². The van der Waals surface area contributed by atoms with Gasteiger partial charge in [-0.15, -0.1) is 0 Å². The Bertz CT molecular complexity index is 289. The maximum atomic E-state index is 10.6. The van der Waals surface area contributed by atoms with Gasteiger partial charge in [-0.2, -0.15) is 0 Å². The van der Waals surface area contributed by atoms with Crippen molar-refractivity contribution in [3.05, 3.63) is 23.9 Å². The van der Waals surface area contributed by atoms with Crippen LogP contribution >= 0.6 is 0 Å². The zero-order chi connectivity index (χ0) is 11.7. The Morgan fingerprint density at radius 2 is 2.20 bits per heavy atom. The van der Waals surface area contributed by atoms with Crippen molar-refractivity contribution in [2.24, 2.45) is 0 Å². The molecule has 4 heteroatoms. The van der Waals surface area contributed by atoms with E-state index >= 15 is 0 Å². The zero-order valence-electron chi connectivity index (χ0n) is 9.70. The summed E-state index contributed by atoms with van der Waals surface area (Å²) in [6.45, 7) is 5.99. The number of carbonyl (C=O) groups excluding carboxylic acids is 1. The smallest absolute Gasteiger partial charge is 0.217 e. The molecule has 0 saturated heterocycles. The molecule has 0 aliphatic heterocycles. The first-order valence-electron chi connectivity index (χ1n) is 4.95. The standard InChI is InChI=1S/C9H12N2O2.C2H6.H2/c1-7(12)10-5-8-3-4-9(13-2)11-6-8;1-2;/h3-4,6H,5H2,1-2H3,(H,10,12);1-2H3;1H. The largest absolute Gasteiger partial charge is 0.481 e. The first-order chi connectivity index (χ1) is 7.22. The van der Waals surface area contributed by atoms with Crippen LogP contribution < -0.4 is 10.1 Å². The van der Waals surface area contributed by atoms with Crippen molar-refractivity contribution in [2.75, 3.05) is 7.11 Å². The third-order valence-corrected chi connectivity index (χ3v) is 1.55. The van der Waals surface area contributed by atoms with E-state index in [4.69, 9.17) is 4.74 Å². The second-order valence-electron chi connectivity index (χ2n) is 2.62. The second kappa shape index (κ2) is 7.79. The first-order valence-corrected chi connectivity index (χ1v) is 4.95. The predicted molar refractivity (Wildman–Crippen MR) is 61.8 cm³/mol. The number of carbonyl (C=O) groups is 1. The van der Waals surface area contributed by atoms with Gasteiger partial charge in [0.05, 0.1) is 7.11 Å². The maximum absolute atomic E-state index is 10.6. The van der Waals surface area contributed by atoms with E-state index in [1.54, 1.807) is 19.4 Å². The van der Waals surface area contributed by atoms with Gasteiger partial charge in [0.25, 0.3) is 0 Å². The minimum Gasteiger partial charge on any atom is -0.481 e. The summed E-state index contributed by atoms with van der Waals surface area (Å²) in [6, 6.07) is 3.62. The number of amides is 1. The highest BCUT2D eigenvalue weighted by molar-refractivity contribution is 5.72. The monoisotopic (exact) mass is 212 g/mol. The van der Waals surface area contributed by atoms with Gasteiger partial charge in [-0.3, -0.25) is 4.79 Å². The van der Waals surface area contributed by atoms with Gasteiger partial charge in [0.2, 0.25) is 11.8 Å². The van der Waals surface area contributed by atoms with Gasteiger partial charge < -0.3 is 10.1 Å². The molecule has 0 spiro atoms. The molecule has 0 radical (unpaired) electrons. The number of hydrogen-bond acceptors (Lipinski definition) is 3. The lowest BCUT2D eigenvalue weighted by Gasteiger charge is -2.02. The number of hydrogen-bond donors (Lipinski definition) is 1. The summed E-state index contributed by atoms with van der Waals surface area (Å²) in [4.78, 5) is 14.6. The van der Waals surface area contributed by atoms with Crippen molar-refractivity contribution in [3.8, 4) is 5.88 Å². The lowest BCUT2D eigenvalue weighted by atomic mass is 10.3. The van der Waals surface area contributed by atoms with Crippen molar-refractivity contribution in [1.82, 2.24) is 10.3 Å². The molecule has 1 N–H and O–H groups in total. The van der Waals surface area contributed by atoms with Gasteiger partial charge in [-0.1, -0.05) is 19.9 Å². The average Bonchev–Trinajstić information content (AvgIpc) is 2.30. The molecule has 15 heavy (non-hydrogen) atoms. The minimum atomic E-state index is -0.0455. The van der Waals surface area contributed by atoms with Gasteiger partial charge in [-0.05, 0) is 5.56 Å². The molecule has 1 heterocycles. The molecule has 86 valence electrons. The van der Waals surface area contributed by atoms with Crippen molar-refractivity contribution in [1.29, 1.82) is 0 Å². The Hall–Kier alpha value is -1.58. The van der Waals surface area contributed by atoms with E-state index < -0.39 is 0 Å². The summed E-state index contributed by atoms with van der Waals surface area (Å²) in [5.74, 6) is 0.530. The van der Waals surface area contributed by atoms with Crippen LogP contribution in [0.2, 0.25) is 0 Å². The number of aromatic nitrogens is 1. The molecule has 1 aromatic rings. The fourth-order valence-corrected chi connectivity index (χ4v) is 0.863. The molecule has 0 atom stereocenters. The van der Waals surface area contributed by atoms with E-state index in [2.05, 4.69) is 10.3 Å². The molecular weight excluding hydrogens is 192 g/mol. The van der Waals surface area contributed by atoms with Crippen LogP contribution in [0.3, 0.4) is 0 Å². The van der Waals surface area contributed by atoms with Crippen molar-refractivity contribution in [2.45, 2.75) is 27.3 Å². The minimum absolute atomic E-state index is 0. The van der Waals surface area contributed by atoms with E-state index in [9.17, 15) is 4.79 Å². The number of methoxy groups -OCH3 is 1. The highest BCUT2D eigenvalue weighted by Crippen LogP contribution is 2.05. The van der Waals surface area contributed by atoms with Crippen molar-refractivity contribution < 1.29 is 11.0 Å². The van der Waals surface area contributed by atoms with Crippen LogP contribution in [0.5, 0.6) is 5.88 Å². The number of rotatable bonds is 3. The normalized spacial score (nSPS) is 8.53. The molecule has 0 aromatic carbocycles. The van der Waals surface area contributed by atoms with E-state index in [1.165, 1.54) is 6.92 Å². The molecule has 0 fully saturated rings. The SMILES string of the molecule is CC.COc1ccc(CNC(C)=O)cn1.[HH]. The van der Waals surface area contributed by atoms with Crippen LogP contribution in [0, 0.1) is 0 Å². The Labute approximate surface area is 92.2 Å². The van der Waals surface area contributed by atoms with E-state index in [1.807, 2.05) is 19.9 Å². The molecule has 1 amide bonds. The number of nitrogens with one attached hydrogen (secondary N) is 1. The quantitative estimate of drug-likeness (QED) is 0.833. The summed E-state index contributed by atoms with van der Waals surface area (Å²) < 4.78 is 4.90. The highest BCUT2D eigenvalue weighted by atomic mass is 16.5. The highest BCUT2D eigenvalue weighted by Gasteiger charge is 1.95. The van der Waals surface area contributed by atoms with Crippen LogP contribution in [0.1, 0.15) is 27.8 Å². The lowest BCUT2D eigenvalue weighted by molar-refractivity contribution is -0.119. The Balaban J connectivity index is 0. The molecule has 4 nitrogen and oxygen atoms in total. The fraction of sp³-hybridized carbons (Fsp3) is 0.455. The third-order valence-electron chi connectivity index (χ3n) is 1.55. The molecule has 0 unspecified atom stereocenters. The van der Waals surface area contributed by atoms with Gasteiger partial charge in [-0.25, -0.2) is 4.98 Å². The second-order valence-corrected chi connectivity index (χ2v) is 2.62. The molecule has 0 saturated carbocycles. The summed E-state index contributed by atoms with van der Waals surface area (Å²) in [7, 11) is 1.57. The molecule has 0 aliphatic carbocycles. The van der Waals surface area contributed by atoms with Crippen LogP contribution in [-0.2, 0) is 11.3 Å². The number of nitrogens with zero attached hydrogens (tertiary/aromatic N) is 1. The maximum Gasteiger partial charge on any atom is 0.217 e. The van der Waals surface area contributed by atoms with E-state index in [-0.39, 0.29) is 7.33 Å². The summed E-state index contributed by atoms with van der Waals surface area (Å²) in [6.07, 6.45) is 1.68. The van der Waals surface area contributed by atoms with Crippen molar-refractivity contribution in [3.63, 3.8) is 0 Å². The predicted octanol–water partition coefficient (Wildman–Crippen LogP) is 2.00. The number of ether oxygens (including phenoxy) is 1. The molecule has 0 bridgehead atoms. The van der Waals surface area contributed by atoms with Gasteiger partial charge in [0.15, 0.2) is 0 Å². The van der Waals surface area contributed by atoms with Gasteiger partial charge in [0.1, 0.15) is 0 Å². The van der Waals surface area contributed by atoms with Crippen LogP contribution in [0.4, 0.5) is 0 Å². The number of pyridine rings is 1. The average molecular weight is 212 g/mol. The summed E-state index contributed by atoms with van der Waals surface area (Å²) in [5, 5.41) is 2.68. The van der Waals surface area contributed by atoms with Crippen molar-refractivity contribution >= 4 is 5.91 Å². The molecule has 0 aliphatic rings. The summed E-state index contributed by atoms with van der Waals surface area (Å²) >= 11 is 0. The van der Waals surface area contributed by atoms with Crippen LogP contribution in [-0.4, -0.2) is 18.0 Å². The Morgan fingerprint density at radius 3 is 2.60 bits per heavy atom. The fourth-order valence-electron chi connectivity index (χ4n) is 0.863. The van der Waals surface area contributed by atoms with E-state index in [0.29, 0.717) is 12.4 Å². The van der Waals surface area contributed by atoms with Crippen LogP contribution in [0.15, 0.2) is 18.3 Å². The van der Waals surface area contributed by atoms with Crippen LogP contribution in [0.25, 0.3) is 0 Å². The first kappa shape index (κ1) is 13.4. The van der Waals surface area contributed by atoms with Gasteiger partial charge >= 0.3 is 0 Å². The summed E-state index contributed by atoms with van der Waals surface area (Å²) in [5.41, 5.74) is 0.955. The Morgan fingerprint density at radius 1 is 1.53 bits per heavy atom. The van der Waals surface area contributed by atoms with Gasteiger partial charge in [0, 0.05) is 27.2 Å². The Kier molecular flexibility index (Phi) is 6.97. The lowest BCUT2D eigenvalue weighted by Crippen LogP contribution is -2.18. The zero-order valence-corrected chi connectivity index (χ0v) is 9.70.